The number of nitrogens with zero attached hydrogens (tertiary/aromatic N) is 5. The number of unbranched alkanes of at least 4 members (excludes halogenated alkanes) is 53. The Hall–Kier alpha value is -0.980. The van der Waals surface area contributed by atoms with E-state index < -0.39 is 0 Å². The van der Waals surface area contributed by atoms with Gasteiger partial charge < -0.3 is 14.7 Å². The van der Waals surface area contributed by atoms with Crippen LogP contribution in [0, 0.1) is 0 Å². The summed E-state index contributed by atoms with van der Waals surface area (Å²) in [6.07, 6.45) is 101. The number of piperazine rings is 1. The van der Waals surface area contributed by atoms with E-state index in [-0.39, 0.29) is 0 Å². The summed E-state index contributed by atoms with van der Waals surface area (Å²) in [4.78, 5) is 14.5. The maximum absolute atomic E-state index is 2.94. The molecule has 1 aliphatic rings. The molecule has 0 radical (unpaired) electrons. The summed E-state index contributed by atoms with van der Waals surface area (Å²) in [6, 6.07) is 0. The smallest absolute Gasteiger partial charge is 0.0110 e. The van der Waals surface area contributed by atoms with Crippen LogP contribution in [0.1, 0.15) is 426 Å². The molecule has 92 heavy (non-hydrogen) atoms. The van der Waals surface area contributed by atoms with Gasteiger partial charge >= 0.3 is 0 Å². The van der Waals surface area contributed by atoms with Crippen LogP contribution in [0.25, 0.3) is 0 Å². The second-order valence-electron chi connectivity index (χ2n) is 30.0. The Kier molecular flexibility index (Phi) is 74.9. The van der Waals surface area contributed by atoms with E-state index in [4.69, 9.17) is 0 Å². The van der Waals surface area contributed by atoms with Gasteiger partial charge in [0.1, 0.15) is 0 Å². The van der Waals surface area contributed by atoms with Gasteiger partial charge in [0.25, 0.3) is 0 Å². The molecule has 5 heteroatoms. The fourth-order valence-electron chi connectivity index (χ4n) is 14.3. The Bertz CT molecular complexity index is 1410. The molecule has 0 aliphatic carbocycles. The van der Waals surface area contributed by atoms with Gasteiger partial charge in [0, 0.05) is 65.4 Å². The first kappa shape index (κ1) is 89.0. The van der Waals surface area contributed by atoms with E-state index in [2.05, 4.69) is 95.6 Å². The molecule has 0 saturated carbocycles. The Morgan fingerprint density at radius 3 is 0.522 bits per heavy atom. The van der Waals surface area contributed by atoms with Crippen molar-refractivity contribution >= 4 is 0 Å². The highest BCUT2D eigenvalue weighted by Crippen LogP contribution is 2.18. The molecule has 1 saturated heterocycles. The fraction of sp³-hybridized carbons (Fsp3) is 0.931. The van der Waals surface area contributed by atoms with E-state index in [1.165, 1.54) is 490 Å². The second-order valence-corrected chi connectivity index (χ2v) is 30.0. The molecule has 0 aromatic heterocycles. The van der Waals surface area contributed by atoms with Crippen molar-refractivity contribution < 1.29 is 0 Å². The van der Waals surface area contributed by atoms with E-state index in [1.807, 2.05) is 0 Å². The van der Waals surface area contributed by atoms with Crippen LogP contribution in [0.4, 0.5) is 0 Å². The molecule has 1 heterocycles. The minimum absolute atomic E-state index is 1.26. The lowest BCUT2D eigenvalue weighted by Crippen LogP contribution is -2.50. The van der Waals surface area contributed by atoms with Gasteiger partial charge in [-0.25, -0.2) is 0 Å². The van der Waals surface area contributed by atoms with Crippen LogP contribution in [0.3, 0.4) is 0 Å². The summed E-state index contributed by atoms with van der Waals surface area (Å²) in [5.74, 6) is 0. The normalized spacial score (nSPS) is 13.7. The lowest BCUT2D eigenvalue weighted by atomic mass is 10.1. The molecule has 0 amide bonds. The minimum Gasteiger partial charge on any atom is -0.302 e. The monoisotopic (exact) mass is 1290 g/mol. The highest BCUT2D eigenvalue weighted by Gasteiger charge is 2.19. The molecule has 0 spiro atoms. The predicted octanol–water partition coefficient (Wildman–Crippen LogP) is 27.1. The van der Waals surface area contributed by atoms with Gasteiger partial charge in [0.2, 0.25) is 0 Å². The third-order valence-corrected chi connectivity index (χ3v) is 21.0. The summed E-state index contributed by atoms with van der Waals surface area (Å²) >= 11 is 0. The molecule has 0 atom stereocenters. The van der Waals surface area contributed by atoms with Gasteiger partial charge in [-0.05, 0) is 142 Å². The fourth-order valence-corrected chi connectivity index (χ4v) is 14.3. The molecule has 1 aliphatic heterocycles. The molecule has 546 valence electrons. The van der Waals surface area contributed by atoms with Crippen LogP contribution in [-0.2, 0) is 0 Å². The third-order valence-electron chi connectivity index (χ3n) is 21.0. The van der Waals surface area contributed by atoms with Crippen molar-refractivity contribution in [3.8, 4) is 0 Å². The highest BCUT2D eigenvalue weighted by molar-refractivity contribution is 4.83. The van der Waals surface area contributed by atoms with Crippen molar-refractivity contribution in [1.82, 2.24) is 24.5 Å². The summed E-state index contributed by atoms with van der Waals surface area (Å²) in [5, 5.41) is 0. The zero-order chi connectivity index (χ0) is 65.9. The van der Waals surface area contributed by atoms with E-state index in [9.17, 15) is 0 Å². The van der Waals surface area contributed by atoms with Crippen molar-refractivity contribution in [1.29, 1.82) is 0 Å². The van der Waals surface area contributed by atoms with Gasteiger partial charge in [-0.1, -0.05) is 354 Å². The largest absolute Gasteiger partial charge is 0.302 e. The van der Waals surface area contributed by atoms with E-state index in [0.717, 1.165) is 0 Å². The van der Waals surface area contributed by atoms with Crippen molar-refractivity contribution in [2.24, 2.45) is 0 Å². The number of hydrogen-bond acceptors (Lipinski definition) is 5. The lowest BCUT2D eigenvalue weighted by molar-refractivity contribution is 0.104. The number of rotatable bonds is 78. The Morgan fingerprint density at radius 2 is 0.326 bits per heavy atom. The van der Waals surface area contributed by atoms with Gasteiger partial charge in [-0.15, -0.1) is 0 Å². The van der Waals surface area contributed by atoms with Crippen molar-refractivity contribution in [3.63, 3.8) is 0 Å². The number of allylic oxidation sites excluding steroid dienone is 6. The van der Waals surface area contributed by atoms with Crippen LogP contribution >= 0.6 is 0 Å². The molecule has 0 aromatic carbocycles. The van der Waals surface area contributed by atoms with Crippen LogP contribution in [0.5, 0.6) is 0 Å². The second kappa shape index (κ2) is 77.4. The zero-order valence-corrected chi connectivity index (χ0v) is 64.4. The van der Waals surface area contributed by atoms with Crippen LogP contribution in [0.15, 0.2) is 36.5 Å². The average Bonchev–Trinajstić information content (AvgIpc) is 2.46. The van der Waals surface area contributed by atoms with Crippen LogP contribution in [0.2, 0.25) is 0 Å². The van der Waals surface area contributed by atoms with E-state index >= 15 is 0 Å². The summed E-state index contributed by atoms with van der Waals surface area (Å²) in [7, 11) is 0. The molecule has 0 N–H and O–H groups in total. The van der Waals surface area contributed by atoms with Gasteiger partial charge in [-0.3, -0.25) is 9.80 Å². The standard InChI is InChI=1S/C87H173N5/c1-6-11-16-21-26-31-36-39-42-45-48-51-56-61-66-69-74-88(73-68-65-60-55-50-47-44-41-38-33-28-23-18-13-8-3)78-80-90(77-72-67-62-57-52-49-46-43-40-37-32-27-22-17-12-7-2)81-83-92-86-84-91(85-87-92)82-79-89(75-70-63-58-53-34-29-24-19-14-9-4)76-71-64-59-54-35-30-25-20-15-10-5/h39-44H,6-38,45-87H2,1-5H3/b42-39-,43-40-,44-41+. The minimum atomic E-state index is 1.26. The first-order valence-electron chi connectivity index (χ1n) is 43.2. The lowest BCUT2D eigenvalue weighted by Gasteiger charge is -2.37. The Labute approximate surface area is 582 Å². The van der Waals surface area contributed by atoms with Gasteiger partial charge in [0.15, 0.2) is 0 Å². The summed E-state index contributed by atoms with van der Waals surface area (Å²) in [6.45, 7) is 30.8. The van der Waals surface area contributed by atoms with Crippen LogP contribution < -0.4 is 0 Å². The molecule has 1 rings (SSSR count). The molecule has 0 unspecified atom stereocenters. The van der Waals surface area contributed by atoms with Gasteiger partial charge in [-0.2, -0.15) is 0 Å². The third kappa shape index (κ3) is 67.6. The van der Waals surface area contributed by atoms with Crippen molar-refractivity contribution in [2.45, 2.75) is 426 Å². The summed E-state index contributed by atoms with van der Waals surface area (Å²) in [5.41, 5.74) is 0. The first-order chi connectivity index (χ1) is 45.7. The maximum Gasteiger partial charge on any atom is 0.0110 e. The molecular weight excluding hydrogens is 1110 g/mol. The quantitative estimate of drug-likeness (QED) is 0.0444. The van der Waals surface area contributed by atoms with E-state index in [1.54, 1.807) is 0 Å². The number of hydrogen-bond donors (Lipinski definition) is 0. The molecule has 0 aromatic rings. The molecule has 0 bridgehead atoms. The maximum atomic E-state index is 2.94. The predicted molar refractivity (Wildman–Crippen MR) is 420 cm³/mol. The first-order valence-corrected chi connectivity index (χ1v) is 43.2. The van der Waals surface area contributed by atoms with Gasteiger partial charge in [0.05, 0.1) is 0 Å². The summed E-state index contributed by atoms with van der Waals surface area (Å²) < 4.78 is 0. The topological polar surface area (TPSA) is 16.2 Å². The zero-order valence-electron chi connectivity index (χ0n) is 64.4. The molecular formula is C87H173N5. The van der Waals surface area contributed by atoms with Crippen molar-refractivity contribution in [3.05, 3.63) is 36.5 Å². The average molecular weight is 1290 g/mol. The Balaban J connectivity index is 2.83. The SMILES string of the molecule is CCCCCCCC/C=C\CCCCCCCCN(CCCCCCC/C=C/CCCCCCCC)CCN(CCCCCCCC/C=C\CCCCCCCC)CCN1CCN(CCN(CCCCCCCCCCCC)CCCCCCCCCCCC)CC1. The molecule has 1 fully saturated rings. The molecule has 5 nitrogen and oxygen atoms in total. The van der Waals surface area contributed by atoms with Crippen LogP contribution in [-0.4, -0.2) is 123 Å². The van der Waals surface area contributed by atoms with E-state index in [0.29, 0.717) is 0 Å². The highest BCUT2D eigenvalue weighted by atomic mass is 15.3. The van der Waals surface area contributed by atoms with Crippen molar-refractivity contribution in [2.75, 3.05) is 98.2 Å². The Morgan fingerprint density at radius 1 is 0.174 bits per heavy atom.